The molecule has 0 saturated heterocycles. The van der Waals surface area contributed by atoms with Crippen molar-refractivity contribution in [3.05, 3.63) is 17.0 Å². The Morgan fingerprint density at radius 1 is 1.14 bits per heavy atom. The van der Waals surface area contributed by atoms with E-state index in [1.165, 1.54) is 29.8 Å². The number of hydrogen-bond acceptors (Lipinski definition) is 2. The molecule has 0 bridgehead atoms. The molecule has 3 heteroatoms. The van der Waals surface area contributed by atoms with Crippen LogP contribution in [0.3, 0.4) is 0 Å². The van der Waals surface area contributed by atoms with Crippen molar-refractivity contribution < 1.29 is 0 Å². The first-order valence-electron chi connectivity index (χ1n) is 8.60. The van der Waals surface area contributed by atoms with Crippen molar-refractivity contribution in [2.75, 3.05) is 0 Å². The van der Waals surface area contributed by atoms with Crippen LogP contribution in [-0.4, -0.2) is 15.3 Å². The Hall–Kier alpha value is -0.830. The van der Waals surface area contributed by atoms with Gasteiger partial charge in [0.15, 0.2) is 0 Å². The molecule has 0 saturated carbocycles. The average molecular weight is 293 g/mol. The highest BCUT2D eigenvalue weighted by Crippen LogP contribution is 2.18. The Balaban J connectivity index is 2.87. The number of rotatable bonds is 8. The molecule has 122 valence electrons. The number of hydrogen-bond donors (Lipinski definition) is 1. The quantitative estimate of drug-likeness (QED) is 0.773. The Bertz CT molecular complexity index is 424. The van der Waals surface area contributed by atoms with Crippen molar-refractivity contribution in [2.24, 2.45) is 5.92 Å². The van der Waals surface area contributed by atoms with Crippen molar-refractivity contribution >= 4 is 0 Å². The molecule has 1 rings (SSSR count). The molecule has 0 aliphatic heterocycles. The summed E-state index contributed by atoms with van der Waals surface area (Å²) in [6.45, 7) is 17.7. The van der Waals surface area contributed by atoms with Gasteiger partial charge in [0.25, 0.3) is 0 Å². The molecule has 0 aromatic carbocycles. The monoisotopic (exact) mass is 293 g/mol. The normalized spacial score (nSPS) is 12.4. The standard InChI is InChI=1S/C18H35N3/c1-8-16-15(13-19-18(5,6)7)17(9-2)21(20-16)12-10-11-14(3)4/h14,19H,8-13H2,1-7H3. The van der Waals surface area contributed by atoms with E-state index in [9.17, 15) is 0 Å². The molecule has 1 heterocycles. The highest BCUT2D eigenvalue weighted by Gasteiger charge is 2.17. The van der Waals surface area contributed by atoms with Crippen LogP contribution in [0.2, 0.25) is 0 Å². The van der Waals surface area contributed by atoms with Gasteiger partial charge in [-0.05, 0) is 52.4 Å². The van der Waals surface area contributed by atoms with E-state index in [1.54, 1.807) is 0 Å². The van der Waals surface area contributed by atoms with Crippen LogP contribution in [0, 0.1) is 5.92 Å². The molecule has 1 N–H and O–H groups in total. The van der Waals surface area contributed by atoms with Crippen molar-refractivity contribution in [3.8, 4) is 0 Å². The van der Waals surface area contributed by atoms with Crippen molar-refractivity contribution in [1.29, 1.82) is 0 Å². The van der Waals surface area contributed by atoms with Crippen LogP contribution in [0.4, 0.5) is 0 Å². The Labute approximate surface area is 131 Å². The summed E-state index contributed by atoms with van der Waals surface area (Å²) in [7, 11) is 0. The largest absolute Gasteiger partial charge is 0.308 e. The topological polar surface area (TPSA) is 29.9 Å². The fourth-order valence-corrected chi connectivity index (χ4v) is 2.66. The highest BCUT2D eigenvalue weighted by atomic mass is 15.3. The second-order valence-corrected chi connectivity index (χ2v) is 7.44. The number of aromatic nitrogens is 2. The van der Waals surface area contributed by atoms with Gasteiger partial charge in [0.05, 0.1) is 5.69 Å². The van der Waals surface area contributed by atoms with Gasteiger partial charge in [-0.25, -0.2) is 0 Å². The molecular weight excluding hydrogens is 258 g/mol. The molecule has 1 aromatic rings. The lowest BCUT2D eigenvalue weighted by atomic mass is 10.1. The fourth-order valence-electron chi connectivity index (χ4n) is 2.66. The minimum Gasteiger partial charge on any atom is -0.308 e. The lowest BCUT2D eigenvalue weighted by Gasteiger charge is -2.21. The molecule has 0 aliphatic rings. The molecule has 0 spiro atoms. The van der Waals surface area contributed by atoms with Crippen molar-refractivity contribution in [3.63, 3.8) is 0 Å². The molecule has 0 unspecified atom stereocenters. The lowest BCUT2D eigenvalue weighted by molar-refractivity contribution is 0.422. The zero-order chi connectivity index (χ0) is 16.0. The van der Waals surface area contributed by atoms with Gasteiger partial charge >= 0.3 is 0 Å². The van der Waals surface area contributed by atoms with Gasteiger partial charge in [0.2, 0.25) is 0 Å². The van der Waals surface area contributed by atoms with E-state index >= 15 is 0 Å². The summed E-state index contributed by atoms with van der Waals surface area (Å²) in [5.41, 5.74) is 4.27. The predicted molar refractivity (Wildman–Crippen MR) is 91.6 cm³/mol. The summed E-state index contributed by atoms with van der Waals surface area (Å²) in [6.07, 6.45) is 4.59. The van der Waals surface area contributed by atoms with Crippen LogP contribution >= 0.6 is 0 Å². The average Bonchev–Trinajstić information content (AvgIpc) is 2.72. The number of aryl methyl sites for hydroxylation is 2. The molecule has 1 aromatic heterocycles. The molecule has 0 amide bonds. The molecule has 0 fully saturated rings. The van der Waals surface area contributed by atoms with Crippen LogP contribution < -0.4 is 5.32 Å². The smallest absolute Gasteiger partial charge is 0.0669 e. The molecule has 0 aliphatic carbocycles. The maximum Gasteiger partial charge on any atom is 0.0669 e. The third kappa shape index (κ3) is 5.82. The van der Waals surface area contributed by atoms with Crippen LogP contribution in [0.25, 0.3) is 0 Å². The van der Waals surface area contributed by atoms with Gasteiger partial charge in [0.1, 0.15) is 0 Å². The molecule has 0 radical (unpaired) electrons. The zero-order valence-corrected chi connectivity index (χ0v) is 15.2. The van der Waals surface area contributed by atoms with Gasteiger partial charge in [-0.1, -0.05) is 27.7 Å². The van der Waals surface area contributed by atoms with Crippen LogP contribution in [0.15, 0.2) is 0 Å². The molecule has 0 atom stereocenters. The lowest BCUT2D eigenvalue weighted by Crippen LogP contribution is -2.35. The maximum atomic E-state index is 4.87. The van der Waals surface area contributed by atoms with Gasteiger partial charge < -0.3 is 5.32 Å². The van der Waals surface area contributed by atoms with E-state index in [0.717, 1.165) is 31.8 Å². The Kier molecular flexibility index (Phi) is 6.92. The van der Waals surface area contributed by atoms with E-state index < -0.39 is 0 Å². The summed E-state index contributed by atoms with van der Waals surface area (Å²) >= 11 is 0. The van der Waals surface area contributed by atoms with Gasteiger partial charge in [-0.2, -0.15) is 5.10 Å². The van der Waals surface area contributed by atoms with Crippen molar-refractivity contribution in [2.45, 2.75) is 92.8 Å². The van der Waals surface area contributed by atoms with E-state index in [-0.39, 0.29) is 5.54 Å². The van der Waals surface area contributed by atoms with Gasteiger partial charge in [0, 0.05) is 29.9 Å². The van der Waals surface area contributed by atoms with Gasteiger partial charge in [-0.15, -0.1) is 0 Å². The van der Waals surface area contributed by atoms with Crippen LogP contribution in [-0.2, 0) is 25.9 Å². The van der Waals surface area contributed by atoms with Crippen LogP contribution in [0.5, 0.6) is 0 Å². The predicted octanol–water partition coefficient (Wildman–Crippen LogP) is 4.33. The third-order valence-electron chi connectivity index (χ3n) is 3.87. The minimum atomic E-state index is 0.149. The molecular formula is C18H35N3. The second kappa shape index (κ2) is 7.98. The SMILES string of the molecule is CCc1nn(CCCC(C)C)c(CC)c1CNC(C)(C)C. The van der Waals surface area contributed by atoms with E-state index in [1.807, 2.05) is 0 Å². The fraction of sp³-hybridized carbons (Fsp3) is 0.833. The minimum absolute atomic E-state index is 0.149. The van der Waals surface area contributed by atoms with E-state index in [4.69, 9.17) is 5.10 Å². The summed E-state index contributed by atoms with van der Waals surface area (Å²) in [5.74, 6) is 0.776. The van der Waals surface area contributed by atoms with Crippen molar-refractivity contribution in [1.82, 2.24) is 15.1 Å². The first kappa shape index (κ1) is 18.2. The van der Waals surface area contributed by atoms with E-state index in [2.05, 4.69) is 58.5 Å². The summed E-state index contributed by atoms with van der Waals surface area (Å²) in [4.78, 5) is 0. The third-order valence-corrected chi connectivity index (χ3v) is 3.87. The first-order chi connectivity index (χ1) is 9.78. The Morgan fingerprint density at radius 3 is 2.29 bits per heavy atom. The molecule has 3 nitrogen and oxygen atoms in total. The summed E-state index contributed by atoms with van der Waals surface area (Å²) in [6, 6.07) is 0. The van der Waals surface area contributed by atoms with Crippen LogP contribution in [0.1, 0.15) is 78.3 Å². The number of nitrogens with one attached hydrogen (secondary N) is 1. The Morgan fingerprint density at radius 2 is 1.81 bits per heavy atom. The maximum absolute atomic E-state index is 4.87. The van der Waals surface area contributed by atoms with Gasteiger partial charge in [-0.3, -0.25) is 4.68 Å². The first-order valence-corrected chi connectivity index (χ1v) is 8.60. The summed E-state index contributed by atoms with van der Waals surface area (Å²) < 4.78 is 2.26. The molecule has 21 heavy (non-hydrogen) atoms. The highest BCUT2D eigenvalue weighted by molar-refractivity contribution is 5.27. The zero-order valence-electron chi connectivity index (χ0n) is 15.2. The number of nitrogens with zero attached hydrogens (tertiary/aromatic N) is 2. The van der Waals surface area contributed by atoms with E-state index in [0.29, 0.717) is 0 Å². The summed E-state index contributed by atoms with van der Waals surface area (Å²) in [5, 5.41) is 8.50. The second-order valence-electron chi connectivity index (χ2n) is 7.44.